The van der Waals surface area contributed by atoms with Crippen molar-refractivity contribution >= 4 is 5.96 Å². The first kappa shape index (κ1) is 18.7. The quantitative estimate of drug-likeness (QED) is 0.582. The highest BCUT2D eigenvalue weighted by Crippen LogP contribution is 2.45. The van der Waals surface area contributed by atoms with Crippen molar-refractivity contribution in [2.45, 2.75) is 38.5 Å². The van der Waals surface area contributed by atoms with Crippen molar-refractivity contribution in [3.8, 4) is 0 Å². The van der Waals surface area contributed by atoms with Gasteiger partial charge in [-0.15, -0.1) is 0 Å². The van der Waals surface area contributed by atoms with Gasteiger partial charge in [-0.25, -0.2) is 0 Å². The van der Waals surface area contributed by atoms with E-state index < -0.39 is 0 Å². The second kappa shape index (κ2) is 8.17. The van der Waals surface area contributed by atoms with Gasteiger partial charge in [0.15, 0.2) is 5.96 Å². The summed E-state index contributed by atoms with van der Waals surface area (Å²) in [4.78, 5) is 9.77. The van der Waals surface area contributed by atoms with Crippen LogP contribution in [-0.4, -0.2) is 78.9 Å². The fourth-order valence-corrected chi connectivity index (χ4v) is 4.16. The zero-order chi connectivity index (χ0) is 18.7. The molecule has 6 heteroatoms. The number of nitrogens with one attached hydrogen (secondary N) is 1. The minimum atomic E-state index is 0.0446. The van der Waals surface area contributed by atoms with Crippen LogP contribution in [0.25, 0.3) is 0 Å². The molecule has 2 aliphatic heterocycles. The van der Waals surface area contributed by atoms with E-state index in [1.165, 1.54) is 5.56 Å². The average Bonchev–Trinajstić information content (AvgIpc) is 3.35. The van der Waals surface area contributed by atoms with Gasteiger partial charge in [0.1, 0.15) is 0 Å². The number of aliphatic imine (C=N–C) groups is 1. The molecule has 3 fully saturated rings. The van der Waals surface area contributed by atoms with Crippen LogP contribution in [-0.2, 0) is 11.3 Å². The highest BCUT2D eigenvalue weighted by molar-refractivity contribution is 5.80. The molecule has 2 heterocycles. The van der Waals surface area contributed by atoms with E-state index in [2.05, 4.69) is 52.4 Å². The molecule has 1 aliphatic carbocycles. The molecule has 4 rings (SSSR count). The van der Waals surface area contributed by atoms with Crippen molar-refractivity contribution in [1.82, 2.24) is 15.1 Å². The molecule has 27 heavy (non-hydrogen) atoms. The van der Waals surface area contributed by atoms with Crippen molar-refractivity contribution in [3.63, 3.8) is 0 Å². The molecule has 1 aromatic rings. The van der Waals surface area contributed by atoms with Crippen molar-refractivity contribution in [2.75, 3.05) is 45.9 Å². The molecule has 0 aromatic heterocycles. The largest absolute Gasteiger partial charge is 0.396 e. The lowest BCUT2D eigenvalue weighted by Gasteiger charge is -2.36. The van der Waals surface area contributed by atoms with Crippen LogP contribution in [0.4, 0.5) is 0 Å². The number of rotatable bonds is 6. The van der Waals surface area contributed by atoms with Crippen LogP contribution < -0.4 is 5.32 Å². The van der Waals surface area contributed by atoms with Crippen molar-refractivity contribution in [3.05, 3.63) is 35.9 Å². The number of benzene rings is 1. The van der Waals surface area contributed by atoms with E-state index in [9.17, 15) is 5.11 Å². The van der Waals surface area contributed by atoms with Gasteiger partial charge in [-0.05, 0) is 25.3 Å². The van der Waals surface area contributed by atoms with Crippen LogP contribution in [0.15, 0.2) is 35.3 Å². The van der Waals surface area contributed by atoms with E-state index in [0.717, 1.165) is 58.1 Å². The molecule has 1 saturated carbocycles. The first-order chi connectivity index (χ1) is 13.2. The van der Waals surface area contributed by atoms with Gasteiger partial charge in [-0.2, -0.15) is 0 Å². The minimum Gasteiger partial charge on any atom is -0.396 e. The zero-order valence-corrected chi connectivity index (χ0v) is 16.3. The smallest absolute Gasteiger partial charge is 0.194 e. The fourth-order valence-electron chi connectivity index (χ4n) is 4.16. The molecular weight excluding hydrogens is 340 g/mol. The molecule has 6 nitrogen and oxygen atoms in total. The molecule has 3 aliphatic rings. The highest BCUT2D eigenvalue weighted by Gasteiger charge is 2.43. The first-order valence-corrected chi connectivity index (χ1v) is 10.3. The molecule has 2 atom stereocenters. The Morgan fingerprint density at radius 1 is 1.30 bits per heavy atom. The van der Waals surface area contributed by atoms with Gasteiger partial charge in [0, 0.05) is 38.1 Å². The number of guanidine groups is 1. The van der Waals surface area contributed by atoms with Crippen LogP contribution >= 0.6 is 0 Å². The highest BCUT2D eigenvalue weighted by atomic mass is 16.5. The summed E-state index contributed by atoms with van der Waals surface area (Å²) >= 11 is 0. The number of nitrogens with zero attached hydrogens (tertiary/aromatic N) is 3. The van der Waals surface area contributed by atoms with Crippen molar-refractivity contribution in [1.29, 1.82) is 0 Å². The summed E-state index contributed by atoms with van der Waals surface area (Å²) < 4.78 is 6.10. The Morgan fingerprint density at radius 2 is 2.11 bits per heavy atom. The zero-order valence-electron chi connectivity index (χ0n) is 16.3. The Labute approximate surface area is 162 Å². The predicted octanol–water partition coefficient (Wildman–Crippen LogP) is 1.31. The predicted molar refractivity (Wildman–Crippen MR) is 107 cm³/mol. The number of aliphatic hydroxyl groups excluding tert-OH is 1. The Bertz CT molecular complexity index is 647. The molecule has 0 spiro atoms. The Hall–Kier alpha value is -1.63. The second-order valence-corrected chi connectivity index (χ2v) is 8.17. The van der Waals surface area contributed by atoms with Gasteiger partial charge in [-0.3, -0.25) is 9.89 Å². The van der Waals surface area contributed by atoms with Crippen molar-refractivity contribution < 1.29 is 9.84 Å². The lowest BCUT2D eigenvalue weighted by atomic mass is 10.1. The second-order valence-electron chi connectivity index (χ2n) is 8.17. The Balaban J connectivity index is 1.43. The van der Waals surface area contributed by atoms with Crippen LogP contribution in [0.1, 0.15) is 25.3 Å². The summed E-state index contributed by atoms with van der Waals surface area (Å²) in [6.45, 7) is 8.49. The summed E-state index contributed by atoms with van der Waals surface area (Å²) in [7, 11) is 0. The molecule has 148 valence electrons. The summed E-state index contributed by atoms with van der Waals surface area (Å²) in [5.41, 5.74) is 1.40. The molecule has 2 unspecified atom stereocenters. The van der Waals surface area contributed by atoms with Gasteiger partial charge in [0.05, 0.1) is 31.9 Å². The summed E-state index contributed by atoms with van der Waals surface area (Å²) in [6.07, 6.45) is 2.41. The van der Waals surface area contributed by atoms with E-state index in [4.69, 9.17) is 9.73 Å². The third kappa shape index (κ3) is 4.28. The van der Waals surface area contributed by atoms with E-state index in [-0.39, 0.29) is 18.1 Å². The van der Waals surface area contributed by atoms with Gasteiger partial charge in [0.2, 0.25) is 0 Å². The Morgan fingerprint density at radius 3 is 2.81 bits per heavy atom. The SMILES string of the molecule is CCNC(=NCC1(CO)CC1)N1CC2OCCN(Cc3ccccc3)C2C1. The summed E-state index contributed by atoms with van der Waals surface area (Å²) in [5.74, 6) is 0.967. The van der Waals surface area contributed by atoms with Crippen molar-refractivity contribution in [2.24, 2.45) is 10.4 Å². The molecule has 2 saturated heterocycles. The maximum atomic E-state index is 9.58. The van der Waals surface area contributed by atoms with E-state index >= 15 is 0 Å². The lowest BCUT2D eigenvalue weighted by molar-refractivity contribution is -0.0502. The molecule has 0 radical (unpaired) electrons. The number of ether oxygens (including phenoxy) is 1. The summed E-state index contributed by atoms with van der Waals surface area (Å²) in [6, 6.07) is 11.1. The average molecular weight is 373 g/mol. The minimum absolute atomic E-state index is 0.0446. The van der Waals surface area contributed by atoms with Crippen LogP contribution in [0, 0.1) is 5.41 Å². The summed E-state index contributed by atoms with van der Waals surface area (Å²) in [5, 5.41) is 13.0. The van der Waals surface area contributed by atoms with Gasteiger partial charge in [0.25, 0.3) is 0 Å². The first-order valence-electron chi connectivity index (χ1n) is 10.3. The standard InChI is InChI=1S/C21H32N4O2/c1-2-22-20(23-15-21(16-26)8-9-21)25-13-18-19(14-25)27-11-10-24(18)12-17-6-4-3-5-7-17/h3-7,18-19,26H,2,8-16H2,1H3,(H,22,23). The number of likely N-dealkylation sites (tertiary alicyclic amines) is 1. The molecule has 0 amide bonds. The third-order valence-corrected chi connectivity index (χ3v) is 6.14. The topological polar surface area (TPSA) is 60.3 Å². The maximum Gasteiger partial charge on any atom is 0.194 e. The third-order valence-electron chi connectivity index (χ3n) is 6.14. The van der Waals surface area contributed by atoms with Gasteiger partial charge < -0.3 is 20.1 Å². The lowest BCUT2D eigenvalue weighted by Crippen LogP contribution is -2.50. The van der Waals surface area contributed by atoms with Crippen LogP contribution in [0.5, 0.6) is 0 Å². The normalized spacial score (nSPS) is 27.5. The number of aliphatic hydroxyl groups is 1. The number of hydrogen-bond acceptors (Lipinski definition) is 4. The van der Waals surface area contributed by atoms with E-state index in [0.29, 0.717) is 12.6 Å². The van der Waals surface area contributed by atoms with E-state index in [1.54, 1.807) is 0 Å². The Kier molecular flexibility index (Phi) is 5.66. The number of fused-ring (bicyclic) bond motifs is 1. The fraction of sp³-hybridized carbons (Fsp3) is 0.667. The van der Waals surface area contributed by atoms with E-state index in [1.807, 2.05) is 0 Å². The molecule has 0 bridgehead atoms. The van der Waals surface area contributed by atoms with Gasteiger partial charge in [-0.1, -0.05) is 30.3 Å². The molecule has 1 aromatic carbocycles. The van der Waals surface area contributed by atoms with Crippen LogP contribution in [0.2, 0.25) is 0 Å². The monoisotopic (exact) mass is 372 g/mol. The maximum absolute atomic E-state index is 9.58. The molecular formula is C21H32N4O2. The van der Waals surface area contributed by atoms with Crippen LogP contribution in [0.3, 0.4) is 0 Å². The number of hydrogen-bond donors (Lipinski definition) is 2. The molecule has 2 N–H and O–H groups in total. The number of morpholine rings is 1. The van der Waals surface area contributed by atoms with Gasteiger partial charge >= 0.3 is 0 Å².